The van der Waals surface area contributed by atoms with E-state index in [1.165, 1.54) is 19.1 Å². The second kappa shape index (κ2) is 4.93. The molecule has 0 aromatic heterocycles. The maximum Gasteiger partial charge on any atom is 0.417 e. The first-order valence-corrected chi connectivity index (χ1v) is 4.97. The summed E-state index contributed by atoms with van der Waals surface area (Å²) in [6.45, 7) is 1.71. The zero-order chi connectivity index (χ0) is 12.3. The number of hydrogen-bond acceptors (Lipinski definition) is 2. The van der Waals surface area contributed by atoms with Crippen LogP contribution in [-0.2, 0) is 6.18 Å². The molecule has 2 N–H and O–H groups in total. The molecule has 0 aliphatic carbocycles. The summed E-state index contributed by atoms with van der Waals surface area (Å²) in [5.74, 6) is 0. The molecule has 1 unspecified atom stereocenters. The molecule has 2 nitrogen and oxygen atoms in total. The zero-order valence-corrected chi connectivity index (χ0v) is 9.23. The predicted octanol–water partition coefficient (Wildman–Crippen LogP) is 3.15. The largest absolute Gasteiger partial charge is 0.417 e. The summed E-state index contributed by atoms with van der Waals surface area (Å²) >= 11 is 5.45. The fourth-order valence-corrected chi connectivity index (χ4v) is 1.34. The van der Waals surface area contributed by atoms with Gasteiger partial charge in [-0.15, -0.1) is 0 Å². The molecule has 16 heavy (non-hydrogen) atoms. The van der Waals surface area contributed by atoms with Gasteiger partial charge in [-0.05, 0) is 25.1 Å². The van der Waals surface area contributed by atoms with Gasteiger partial charge in [-0.3, -0.25) is 0 Å². The summed E-state index contributed by atoms with van der Waals surface area (Å²) < 4.78 is 37.4. The first-order valence-electron chi connectivity index (χ1n) is 4.59. The van der Waals surface area contributed by atoms with E-state index >= 15 is 0 Å². The molecule has 0 heterocycles. The third kappa shape index (κ3) is 3.57. The van der Waals surface area contributed by atoms with Crippen LogP contribution in [0.25, 0.3) is 0 Å². The van der Waals surface area contributed by atoms with E-state index in [1.807, 2.05) is 0 Å². The van der Waals surface area contributed by atoms with Crippen molar-refractivity contribution in [1.29, 1.82) is 0 Å². The van der Waals surface area contributed by atoms with Crippen molar-refractivity contribution in [3.63, 3.8) is 0 Å². The van der Waals surface area contributed by atoms with E-state index in [1.54, 1.807) is 0 Å². The first-order chi connectivity index (χ1) is 7.30. The quantitative estimate of drug-likeness (QED) is 0.867. The minimum absolute atomic E-state index is 0.179. The Labute approximate surface area is 96.0 Å². The van der Waals surface area contributed by atoms with Crippen LogP contribution >= 0.6 is 11.6 Å². The summed E-state index contributed by atoms with van der Waals surface area (Å²) in [6, 6.07) is 3.53. The molecule has 90 valence electrons. The number of hydrogen-bond donors (Lipinski definition) is 2. The van der Waals surface area contributed by atoms with Gasteiger partial charge < -0.3 is 10.4 Å². The van der Waals surface area contributed by atoms with Gasteiger partial charge in [0.05, 0.1) is 16.7 Å². The van der Waals surface area contributed by atoms with Gasteiger partial charge >= 0.3 is 6.18 Å². The van der Waals surface area contributed by atoms with Gasteiger partial charge in [0.15, 0.2) is 0 Å². The van der Waals surface area contributed by atoms with E-state index in [0.717, 1.165) is 6.07 Å². The molecule has 0 fully saturated rings. The molecule has 1 aromatic carbocycles. The molecular weight excluding hydrogens is 243 g/mol. The lowest BCUT2D eigenvalue weighted by Crippen LogP contribution is -2.16. The molecule has 1 aromatic rings. The van der Waals surface area contributed by atoms with Gasteiger partial charge in [-0.25, -0.2) is 0 Å². The molecule has 0 saturated heterocycles. The van der Waals surface area contributed by atoms with Crippen molar-refractivity contribution in [2.75, 3.05) is 11.9 Å². The second-order valence-electron chi connectivity index (χ2n) is 3.42. The van der Waals surface area contributed by atoms with Crippen molar-refractivity contribution in [3.8, 4) is 0 Å². The monoisotopic (exact) mass is 253 g/mol. The topological polar surface area (TPSA) is 32.3 Å². The lowest BCUT2D eigenvalue weighted by Gasteiger charge is -2.13. The highest BCUT2D eigenvalue weighted by Crippen LogP contribution is 2.36. The van der Waals surface area contributed by atoms with Crippen LogP contribution in [0.3, 0.4) is 0 Å². The number of nitrogens with one attached hydrogen (secondary N) is 1. The third-order valence-electron chi connectivity index (χ3n) is 1.87. The van der Waals surface area contributed by atoms with E-state index in [-0.39, 0.29) is 17.3 Å². The Bertz CT molecular complexity index is 366. The summed E-state index contributed by atoms with van der Waals surface area (Å²) in [4.78, 5) is 0. The van der Waals surface area contributed by atoms with Crippen LogP contribution in [-0.4, -0.2) is 17.8 Å². The van der Waals surface area contributed by atoms with Crippen molar-refractivity contribution < 1.29 is 18.3 Å². The molecule has 1 atom stereocenters. The Morgan fingerprint density at radius 1 is 1.44 bits per heavy atom. The standard InChI is InChI=1S/C10H11ClF3NO/c1-6(16)5-15-7-2-3-9(11)8(4-7)10(12,13)14/h2-4,6,15-16H,5H2,1H3. The minimum atomic E-state index is -4.47. The van der Waals surface area contributed by atoms with Crippen LogP contribution in [0, 0.1) is 0 Å². The normalized spacial score (nSPS) is 13.6. The van der Waals surface area contributed by atoms with Crippen LogP contribution in [0.5, 0.6) is 0 Å². The summed E-state index contributed by atoms with van der Waals surface area (Å²) in [5.41, 5.74) is -0.609. The number of benzene rings is 1. The van der Waals surface area contributed by atoms with E-state index in [2.05, 4.69) is 5.32 Å². The number of alkyl halides is 3. The molecule has 0 saturated carbocycles. The van der Waals surface area contributed by atoms with E-state index < -0.39 is 17.8 Å². The number of halogens is 4. The van der Waals surface area contributed by atoms with Crippen LogP contribution in [0.4, 0.5) is 18.9 Å². The maximum absolute atomic E-state index is 12.5. The summed E-state index contributed by atoms with van der Waals surface area (Å²) in [7, 11) is 0. The number of aliphatic hydroxyl groups excluding tert-OH is 1. The second-order valence-corrected chi connectivity index (χ2v) is 3.83. The van der Waals surface area contributed by atoms with Crippen LogP contribution in [0.2, 0.25) is 5.02 Å². The lowest BCUT2D eigenvalue weighted by atomic mass is 10.2. The molecule has 0 aliphatic heterocycles. The van der Waals surface area contributed by atoms with Crippen molar-refractivity contribution in [3.05, 3.63) is 28.8 Å². The van der Waals surface area contributed by atoms with E-state index in [9.17, 15) is 13.2 Å². The highest BCUT2D eigenvalue weighted by Gasteiger charge is 2.33. The summed E-state index contributed by atoms with van der Waals surface area (Å²) in [5, 5.41) is 11.3. The van der Waals surface area contributed by atoms with Crippen molar-refractivity contribution in [2.45, 2.75) is 19.2 Å². The van der Waals surface area contributed by atoms with Gasteiger partial charge in [0.25, 0.3) is 0 Å². The highest BCUT2D eigenvalue weighted by atomic mass is 35.5. The lowest BCUT2D eigenvalue weighted by molar-refractivity contribution is -0.137. The number of rotatable bonds is 3. The zero-order valence-electron chi connectivity index (χ0n) is 8.48. The van der Waals surface area contributed by atoms with E-state index in [4.69, 9.17) is 16.7 Å². The van der Waals surface area contributed by atoms with Crippen LogP contribution < -0.4 is 5.32 Å². The molecule has 0 amide bonds. The molecule has 1 rings (SSSR count). The fraction of sp³-hybridized carbons (Fsp3) is 0.400. The van der Waals surface area contributed by atoms with Crippen molar-refractivity contribution in [1.82, 2.24) is 0 Å². The van der Waals surface area contributed by atoms with Gasteiger partial charge in [0.1, 0.15) is 0 Å². The average Bonchev–Trinajstić information content (AvgIpc) is 2.14. The highest BCUT2D eigenvalue weighted by molar-refractivity contribution is 6.31. The molecular formula is C10H11ClF3NO. The molecule has 0 spiro atoms. The number of anilines is 1. The Hall–Kier alpha value is -0.940. The SMILES string of the molecule is CC(O)CNc1ccc(Cl)c(C(F)(F)F)c1. The van der Waals surface area contributed by atoms with Crippen LogP contribution in [0.1, 0.15) is 12.5 Å². The van der Waals surface area contributed by atoms with Gasteiger partial charge in [-0.2, -0.15) is 13.2 Å². The summed E-state index contributed by atoms with van der Waals surface area (Å²) in [6.07, 6.45) is -5.11. The Kier molecular flexibility index (Phi) is 4.04. The third-order valence-corrected chi connectivity index (χ3v) is 2.20. The Morgan fingerprint density at radius 2 is 2.06 bits per heavy atom. The number of aliphatic hydroxyl groups is 1. The Morgan fingerprint density at radius 3 is 2.56 bits per heavy atom. The average molecular weight is 254 g/mol. The van der Waals surface area contributed by atoms with Gasteiger partial charge in [0, 0.05) is 12.2 Å². The van der Waals surface area contributed by atoms with Crippen molar-refractivity contribution >= 4 is 17.3 Å². The molecule has 0 bridgehead atoms. The molecule has 0 radical (unpaired) electrons. The molecule has 6 heteroatoms. The van der Waals surface area contributed by atoms with E-state index in [0.29, 0.717) is 0 Å². The smallest absolute Gasteiger partial charge is 0.392 e. The fourth-order valence-electron chi connectivity index (χ4n) is 1.12. The van der Waals surface area contributed by atoms with Crippen molar-refractivity contribution in [2.24, 2.45) is 0 Å². The Balaban J connectivity index is 2.90. The van der Waals surface area contributed by atoms with Gasteiger partial charge in [-0.1, -0.05) is 11.6 Å². The van der Waals surface area contributed by atoms with Gasteiger partial charge in [0.2, 0.25) is 0 Å². The maximum atomic E-state index is 12.5. The van der Waals surface area contributed by atoms with Crippen LogP contribution in [0.15, 0.2) is 18.2 Å². The minimum Gasteiger partial charge on any atom is -0.392 e. The first kappa shape index (κ1) is 13.1. The molecule has 0 aliphatic rings. The predicted molar refractivity (Wildman–Crippen MR) is 56.6 cm³/mol.